The second-order valence-corrected chi connectivity index (χ2v) is 5.75. The topological polar surface area (TPSA) is 41.1 Å². The average molecular weight is 340 g/mol. The van der Waals surface area contributed by atoms with Crippen LogP contribution in [0.15, 0.2) is 42.5 Å². The van der Waals surface area contributed by atoms with E-state index in [1.807, 2.05) is 30.3 Å². The van der Waals surface area contributed by atoms with Gasteiger partial charge in [0.05, 0.1) is 5.69 Å². The summed E-state index contributed by atoms with van der Waals surface area (Å²) in [7, 11) is 0. The summed E-state index contributed by atoms with van der Waals surface area (Å²) in [5.74, 6) is -2.84. The van der Waals surface area contributed by atoms with Crippen LogP contribution >= 0.6 is 11.8 Å². The fourth-order valence-electron chi connectivity index (χ4n) is 1.79. The zero-order valence-corrected chi connectivity index (χ0v) is 12.9. The second-order valence-electron chi connectivity index (χ2n) is 4.64. The van der Waals surface area contributed by atoms with Crippen molar-refractivity contribution in [1.82, 2.24) is 5.32 Å². The number of nitrogens with one attached hydrogen (secondary N) is 2. The molecule has 0 saturated heterocycles. The summed E-state index contributed by atoms with van der Waals surface area (Å²) in [6.45, 7) is 0.370. The van der Waals surface area contributed by atoms with Gasteiger partial charge in [-0.3, -0.25) is 0 Å². The lowest BCUT2D eigenvalue weighted by atomic mass is 10.2. The van der Waals surface area contributed by atoms with Crippen molar-refractivity contribution in [2.75, 3.05) is 17.6 Å². The number of benzene rings is 2. The van der Waals surface area contributed by atoms with Crippen LogP contribution in [-0.2, 0) is 5.75 Å². The van der Waals surface area contributed by atoms with Crippen molar-refractivity contribution in [2.24, 2.45) is 0 Å². The van der Waals surface area contributed by atoms with Gasteiger partial charge in [-0.05, 0) is 17.7 Å². The molecule has 0 aliphatic rings. The van der Waals surface area contributed by atoms with E-state index in [1.165, 1.54) is 5.56 Å². The molecule has 0 aliphatic carbocycles. The zero-order valence-electron chi connectivity index (χ0n) is 12.1. The average Bonchev–Trinajstić information content (AvgIpc) is 2.56. The molecule has 3 nitrogen and oxygen atoms in total. The summed E-state index contributed by atoms with van der Waals surface area (Å²) in [5, 5.41) is 4.67. The number of thioether (sulfide) groups is 1. The number of urea groups is 1. The predicted octanol–water partition coefficient (Wildman–Crippen LogP) is 4.16. The summed E-state index contributed by atoms with van der Waals surface area (Å²) < 4.78 is 39.2. The fourth-order valence-corrected chi connectivity index (χ4v) is 2.61. The highest BCUT2D eigenvalue weighted by atomic mass is 32.2. The number of carbonyl (C=O) groups excluding carboxylic acids is 1. The van der Waals surface area contributed by atoms with Crippen molar-refractivity contribution in [3.05, 3.63) is 65.5 Å². The second kappa shape index (κ2) is 8.47. The molecule has 23 heavy (non-hydrogen) atoms. The van der Waals surface area contributed by atoms with Crippen LogP contribution in [0.1, 0.15) is 5.56 Å². The lowest BCUT2D eigenvalue weighted by molar-refractivity contribution is 0.252. The van der Waals surface area contributed by atoms with Gasteiger partial charge in [-0.2, -0.15) is 11.8 Å². The van der Waals surface area contributed by atoms with Gasteiger partial charge in [0.15, 0.2) is 17.5 Å². The highest BCUT2D eigenvalue weighted by Crippen LogP contribution is 2.19. The molecule has 7 heteroatoms. The van der Waals surface area contributed by atoms with Crippen LogP contribution in [0.3, 0.4) is 0 Å². The van der Waals surface area contributed by atoms with E-state index in [2.05, 4.69) is 10.6 Å². The molecule has 122 valence electrons. The monoisotopic (exact) mass is 340 g/mol. The van der Waals surface area contributed by atoms with Crippen molar-refractivity contribution < 1.29 is 18.0 Å². The molecule has 0 bridgehead atoms. The molecule has 2 rings (SSSR count). The van der Waals surface area contributed by atoms with E-state index >= 15 is 0 Å². The van der Waals surface area contributed by atoms with Gasteiger partial charge in [0, 0.05) is 18.1 Å². The van der Waals surface area contributed by atoms with Crippen molar-refractivity contribution >= 4 is 23.5 Å². The Morgan fingerprint density at radius 2 is 1.74 bits per heavy atom. The molecular weight excluding hydrogens is 325 g/mol. The third-order valence-electron chi connectivity index (χ3n) is 2.93. The van der Waals surface area contributed by atoms with E-state index in [0.29, 0.717) is 12.3 Å². The summed E-state index contributed by atoms with van der Waals surface area (Å²) in [6.07, 6.45) is 0. The molecule has 2 N–H and O–H groups in total. The minimum Gasteiger partial charge on any atom is -0.337 e. The lowest BCUT2D eigenvalue weighted by Crippen LogP contribution is -2.31. The molecule has 0 aromatic heterocycles. The number of amides is 2. The Kier molecular flexibility index (Phi) is 6.34. The number of rotatable bonds is 6. The molecule has 0 spiro atoms. The van der Waals surface area contributed by atoms with E-state index in [1.54, 1.807) is 11.8 Å². The summed E-state index contributed by atoms with van der Waals surface area (Å²) in [5.41, 5.74) is 0.782. The predicted molar refractivity (Wildman–Crippen MR) is 85.9 cm³/mol. The Balaban J connectivity index is 1.70. The van der Waals surface area contributed by atoms with Crippen molar-refractivity contribution in [3.63, 3.8) is 0 Å². The molecule has 0 unspecified atom stereocenters. The molecule has 0 radical (unpaired) electrons. The Morgan fingerprint density at radius 1 is 1.00 bits per heavy atom. The van der Waals surface area contributed by atoms with Crippen LogP contribution in [-0.4, -0.2) is 18.3 Å². The quantitative estimate of drug-likeness (QED) is 0.612. The van der Waals surface area contributed by atoms with Crippen molar-refractivity contribution in [1.29, 1.82) is 0 Å². The molecular formula is C16H15F3N2OS. The smallest absolute Gasteiger partial charge is 0.319 e. The number of anilines is 1. The molecule has 0 saturated carbocycles. The molecule has 2 aromatic rings. The Morgan fingerprint density at radius 3 is 2.48 bits per heavy atom. The molecule has 0 fully saturated rings. The first-order valence-corrected chi connectivity index (χ1v) is 8.03. The minimum atomic E-state index is -1.61. The van der Waals surface area contributed by atoms with Crippen LogP contribution in [0.2, 0.25) is 0 Å². The maximum absolute atomic E-state index is 13.4. The van der Waals surface area contributed by atoms with Gasteiger partial charge in [-0.15, -0.1) is 0 Å². The van der Waals surface area contributed by atoms with Gasteiger partial charge < -0.3 is 10.6 Å². The van der Waals surface area contributed by atoms with Gasteiger partial charge in [0.1, 0.15) is 0 Å². The first-order chi connectivity index (χ1) is 11.1. The van der Waals surface area contributed by atoms with E-state index in [-0.39, 0.29) is 0 Å². The van der Waals surface area contributed by atoms with Gasteiger partial charge in [0.25, 0.3) is 0 Å². The van der Waals surface area contributed by atoms with Gasteiger partial charge in [-0.25, -0.2) is 18.0 Å². The van der Waals surface area contributed by atoms with E-state index in [4.69, 9.17) is 0 Å². The largest absolute Gasteiger partial charge is 0.337 e. The van der Waals surface area contributed by atoms with Gasteiger partial charge in [-0.1, -0.05) is 30.3 Å². The SMILES string of the molecule is O=C(NCCSCc1ccccc1)Nc1ccc(F)c(F)c1F. The zero-order chi connectivity index (χ0) is 16.7. The number of hydrogen-bond acceptors (Lipinski definition) is 2. The summed E-state index contributed by atoms with van der Waals surface area (Å²) in [4.78, 5) is 11.6. The summed E-state index contributed by atoms with van der Waals surface area (Å²) >= 11 is 1.64. The van der Waals surface area contributed by atoms with Crippen LogP contribution in [0.25, 0.3) is 0 Å². The first-order valence-electron chi connectivity index (χ1n) is 6.88. The molecule has 2 amide bonds. The number of carbonyl (C=O) groups is 1. The first kappa shape index (κ1) is 17.2. The standard InChI is InChI=1S/C16H15F3N2OS/c17-12-6-7-13(15(19)14(12)18)21-16(22)20-8-9-23-10-11-4-2-1-3-5-11/h1-7H,8-10H2,(H2,20,21,22). The van der Waals surface area contributed by atoms with Crippen LogP contribution in [0.4, 0.5) is 23.7 Å². The Bertz CT molecular complexity index is 668. The van der Waals surface area contributed by atoms with Gasteiger partial charge >= 0.3 is 6.03 Å². The normalized spacial score (nSPS) is 10.4. The van der Waals surface area contributed by atoms with Crippen LogP contribution in [0.5, 0.6) is 0 Å². The van der Waals surface area contributed by atoms with Crippen LogP contribution in [0, 0.1) is 17.5 Å². The van der Waals surface area contributed by atoms with E-state index < -0.39 is 29.2 Å². The van der Waals surface area contributed by atoms with E-state index in [0.717, 1.165) is 17.9 Å². The number of hydrogen-bond donors (Lipinski definition) is 2. The Hall–Kier alpha value is -2.15. The summed E-state index contributed by atoms with van der Waals surface area (Å²) in [6, 6.07) is 10.9. The number of halogens is 3. The highest BCUT2D eigenvalue weighted by molar-refractivity contribution is 7.98. The third-order valence-corrected chi connectivity index (χ3v) is 3.96. The Labute approximate surface area is 136 Å². The van der Waals surface area contributed by atoms with E-state index in [9.17, 15) is 18.0 Å². The van der Waals surface area contributed by atoms with Gasteiger partial charge in [0.2, 0.25) is 0 Å². The highest BCUT2D eigenvalue weighted by Gasteiger charge is 2.14. The minimum absolute atomic E-state index is 0.370. The molecule has 0 heterocycles. The van der Waals surface area contributed by atoms with Crippen LogP contribution < -0.4 is 10.6 Å². The maximum Gasteiger partial charge on any atom is 0.319 e. The van der Waals surface area contributed by atoms with Crippen molar-refractivity contribution in [3.8, 4) is 0 Å². The molecule has 2 aromatic carbocycles. The lowest BCUT2D eigenvalue weighted by Gasteiger charge is -2.09. The van der Waals surface area contributed by atoms with Crippen molar-refractivity contribution in [2.45, 2.75) is 5.75 Å². The third kappa shape index (κ3) is 5.21. The molecule has 0 aliphatic heterocycles. The maximum atomic E-state index is 13.4. The fraction of sp³-hybridized carbons (Fsp3) is 0.188. The molecule has 0 atom stereocenters.